The summed E-state index contributed by atoms with van der Waals surface area (Å²) in [5.41, 5.74) is -1.51. The number of nitrogens with zero attached hydrogens (tertiary/aromatic N) is 2. The molecule has 170 valence electrons. The number of carbonyl (C=O) groups excluding carboxylic acids is 4. The molecule has 1 aromatic rings. The summed E-state index contributed by atoms with van der Waals surface area (Å²) in [5.74, 6) is -1.77. The van der Waals surface area contributed by atoms with E-state index in [2.05, 4.69) is 0 Å². The molecule has 9 heteroatoms. The van der Waals surface area contributed by atoms with Crippen molar-refractivity contribution < 1.29 is 28.7 Å². The molecule has 2 atom stereocenters. The van der Waals surface area contributed by atoms with Gasteiger partial charge in [-0.15, -0.1) is 0 Å². The van der Waals surface area contributed by atoms with Gasteiger partial charge in [-0.25, -0.2) is 19.3 Å². The third kappa shape index (κ3) is 3.20. The minimum atomic E-state index is -1.52. The highest BCUT2D eigenvalue weighted by Gasteiger charge is 2.75. The number of fused-ring (bicyclic) bond motifs is 2. The number of esters is 2. The van der Waals surface area contributed by atoms with E-state index in [9.17, 15) is 19.2 Å². The number of ether oxygens (including phenoxy) is 2. The number of thiophene rings is 1. The molecule has 0 N–H and O–H groups in total. The van der Waals surface area contributed by atoms with Crippen LogP contribution < -0.4 is 4.48 Å². The van der Waals surface area contributed by atoms with Gasteiger partial charge in [0.25, 0.3) is 5.91 Å². The first-order valence-electron chi connectivity index (χ1n) is 10.5. The highest BCUT2D eigenvalue weighted by molar-refractivity contribution is 7.18. The SMILES string of the molecule is CCOC(=O)c1sc2c(c1C)C(=O)N(C(C)(C)C(=O)OC(C)(C)C)C(=O)[N+]21C(C)C1C. The van der Waals surface area contributed by atoms with Gasteiger partial charge in [-0.05, 0) is 67.9 Å². The van der Waals surface area contributed by atoms with Gasteiger partial charge in [0.15, 0.2) is 12.1 Å². The van der Waals surface area contributed by atoms with Crippen LogP contribution in [0.1, 0.15) is 81.0 Å². The van der Waals surface area contributed by atoms with Crippen LogP contribution in [0.3, 0.4) is 0 Å². The molecular weight excluding hydrogens is 420 g/mol. The van der Waals surface area contributed by atoms with Crippen LogP contribution in [0.15, 0.2) is 0 Å². The molecule has 8 nitrogen and oxygen atoms in total. The Labute approximate surface area is 186 Å². The molecule has 0 saturated carbocycles. The molecular formula is C22H31N2O6S+. The highest BCUT2D eigenvalue weighted by atomic mass is 32.1. The molecule has 1 saturated heterocycles. The van der Waals surface area contributed by atoms with Gasteiger partial charge in [0, 0.05) is 0 Å². The second-order valence-electron chi connectivity index (χ2n) is 9.70. The lowest BCUT2D eigenvalue weighted by Crippen LogP contribution is -2.65. The zero-order valence-corrected chi connectivity index (χ0v) is 20.4. The fourth-order valence-electron chi connectivity index (χ4n) is 4.24. The quantitative estimate of drug-likeness (QED) is 0.390. The molecule has 3 amide bonds. The van der Waals surface area contributed by atoms with Crippen molar-refractivity contribution in [3.8, 4) is 0 Å². The first-order valence-corrected chi connectivity index (χ1v) is 11.3. The predicted molar refractivity (Wildman–Crippen MR) is 117 cm³/mol. The van der Waals surface area contributed by atoms with E-state index in [0.717, 1.165) is 16.2 Å². The standard InChI is InChI=1S/C22H31N2O6S/c1-10-29-18(26)15-11(2)14-16(25)23(22(8,9)19(27)30-21(5,6)7)20(28)24(17(14)31-15)12(3)13(24)4/h12-13H,10H2,1-9H3/q+1. The number of hydrogen-bond acceptors (Lipinski definition) is 7. The molecule has 2 unspecified atom stereocenters. The average Bonchev–Trinajstić information content (AvgIpc) is 2.98. The maximum Gasteiger partial charge on any atom is 0.433 e. The van der Waals surface area contributed by atoms with Crippen molar-refractivity contribution >= 4 is 40.2 Å². The third-order valence-electron chi connectivity index (χ3n) is 6.20. The van der Waals surface area contributed by atoms with Gasteiger partial charge < -0.3 is 9.47 Å². The zero-order chi connectivity index (χ0) is 23.7. The lowest BCUT2D eigenvalue weighted by atomic mass is 9.98. The zero-order valence-electron chi connectivity index (χ0n) is 19.6. The summed E-state index contributed by atoms with van der Waals surface area (Å²) < 4.78 is 10.6. The Bertz CT molecular complexity index is 979. The molecule has 0 bridgehead atoms. The molecule has 0 aliphatic carbocycles. The maximum absolute atomic E-state index is 13.8. The van der Waals surface area contributed by atoms with Crippen LogP contribution in [-0.4, -0.2) is 58.6 Å². The van der Waals surface area contributed by atoms with E-state index in [4.69, 9.17) is 9.47 Å². The Balaban J connectivity index is 2.18. The van der Waals surface area contributed by atoms with Gasteiger partial charge in [0.05, 0.1) is 6.61 Å². The second kappa shape index (κ2) is 7.13. The van der Waals surface area contributed by atoms with E-state index in [1.165, 1.54) is 13.8 Å². The molecule has 31 heavy (non-hydrogen) atoms. The lowest BCUT2D eigenvalue weighted by Gasteiger charge is -2.39. The number of carbonyl (C=O) groups is 4. The van der Waals surface area contributed by atoms with Crippen LogP contribution >= 0.6 is 11.3 Å². The summed E-state index contributed by atoms with van der Waals surface area (Å²) in [6, 6.07) is -0.654. The largest absolute Gasteiger partial charge is 0.462 e. The number of urea groups is 1. The Morgan fingerprint density at radius 2 is 1.65 bits per heavy atom. The Kier molecular flexibility index (Phi) is 5.38. The lowest BCUT2D eigenvalue weighted by molar-refractivity contribution is -0.165. The van der Waals surface area contributed by atoms with Gasteiger partial charge in [0.2, 0.25) is 5.00 Å². The molecule has 1 aromatic heterocycles. The molecule has 3 rings (SSSR count). The normalized spacial score (nSPS) is 25.5. The number of rotatable bonds is 4. The van der Waals surface area contributed by atoms with E-state index >= 15 is 0 Å². The van der Waals surface area contributed by atoms with Crippen molar-refractivity contribution in [2.45, 2.75) is 85.5 Å². The molecule has 1 fully saturated rings. The predicted octanol–water partition coefficient (Wildman–Crippen LogP) is 4.03. The first kappa shape index (κ1) is 23.4. The Hall–Kier alpha value is -2.26. The fourth-order valence-corrected chi connectivity index (χ4v) is 5.74. The van der Waals surface area contributed by atoms with Gasteiger partial charge in [0.1, 0.15) is 21.6 Å². The number of amides is 3. The van der Waals surface area contributed by atoms with E-state index in [1.807, 2.05) is 13.8 Å². The fraction of sp³-hybridized carbons (Fsp3) is 0.636. The maximum atomic E-state index is 13.8. The highest BCUT2D eigenvalue weighted by Crippen LogP contribution is 2.56. The summed E-state index contributed by atoms with van der Waals surface area (Å²) in [7, 11) is 0. The molecule has 3 heterocycles. The summed E-state index contributed by atoms with van der Waals surface area (Å²) in [4.78, 5) is 54.3. The van der Waals surface area contributed by atoms with E-state index in [1.54, 1.807) is 34.6 Å². The summed E-state index contributed by atoms with van der Waals surface area (Å²) in [5, 5.41) is 0.548. The van der Waals surface area contributed by atoms with Gasteiger partial charge in [-0.2, -0.15) is 4.48 Å². The van der Waals surface area contributed by atoms with Gasteiger partial charge in [-0.1, -0.05) is 11.3 Å². The van der Waals surface area contributed by atoms with Crippen LogP contribution in [-0.2, 0) is 14.3 Å². The van der Waals surface area contributed by atoms with E-state index in [-0.39, 0.29) is 23.2 Å². The molecule has 0 aromatic carbocycles. The summed E-state index contributed by atoms with van der Waals surface area (Å²) in [6.07, 6.45) is 0. The molecule has 2 aliphatic heterocycles. The van der Waals surface area contributed by atoms with Crippen molar-refractivity contribution in [1.29, 1.82) is 0 Å². The Morgan fingerprint density at radius 3 is 2.10 bits per heavy atom. The summed E-state index contributed by atoms with van der Waals surface area (Å²) >= 11 is 1.14. The minimum absolute atomic E-state index is 0.0851. The first-order chi connectivity index (χ1) is 14.1. The van der Waals surface area contributed by atoms with Gasteiger partial charge in [-0.3, -0.25) is 4.79 Å². The van der Waals surface area contributed by atoms with Crippen LogP contribution in [0, 0.1) is 6.92 Å². The van der Waals surface area contributed by atoms with Crippen molar-refractivity contribution in [2.24, 2.45) is 0 Å². The van der Waals surface area contributed by atoms with Crippen molar-refractivity contribution in [2.75, 3.05) is 6.61 Å². The van der Waals surface area contributed by atoms with Crippen molar-refractivity contribution in [3.63, 3.8) is 0 Å². The van der Waals surface area contributed by atoms with Crippen molar-refractivity contribution in [1.82, 2.24) is 9.38 Å². The third-order valence-corrected chi connectivity index (χ3v) is 7.58. The minimum Gasteiger partial charge on any atom is -0.462 e. The van der Waals surface area contributed by atoms with E-state index in [0.29, 0.717) is 21.0 Å². The van der Waals surface area contributed by atoms with Crippen LogP contribution in [0.2, 0.25) is 0 Å². The smallest absolute Gasteiger partial charge is 0.433 e. The number of imide groups is 1. The Morgan fingerprint density at radius 1 is 1.10 bits per heavy atom. The van der Waals surface area contributed by atoms with Crippen LogP contribution in [0.5, 0.6) is 0 Å². The second-order valence-corrected chi connectivity index (χ2v) is 10.7. The monoisotopic (exact) mass is 451 g/mol. The summed E-state index contributed by atoms with van der Waals surface area (Å²) in [6.45, 7) is 15.7. The van der Waals surface area contributed by atoms with Crippen LogP contribution in [0.4, 0.5) is 9.80 Å². The number of hydrogen-bond donors (Lipinski definition) is 0. The van der Waals surface area contributed by atoms with Crippen LogP contribution in [0.25, 0.3) is 0 Å². The van der Waals surface area contributed by atoms with Crippen molar-refractivity contribution in [3.05, 3.63) is 16.0 Å². The number of quaternary nitrogens is 1. The molecule has 0 radical (unpaired) electrons. The molecule has 1 spiro atoms. The average molecular weight is 452 g/mol. The topological polar surface area (TPSA) is 90.0 Å². The molecule has 2 aliphatic rings. The van der Waals surface area contributed by atoms with Gasteiger partial charge >= 0.3 is 18.0 Å². The van der Waals surface area contributed by atoms with E-state index < -0.39 is 35.0 Å².